The minimum atomic E-state index is -0.0864. The standard InChI is InChI=1S/C13H9ClO2.K.H/c14-11-5-1-9(2-6-11)13(16)10-3-7-12(15)8-4-10;;/h1-8,15H;;/q;+1;-1. The second-order valence-electron chi connectivity index (χ2n) is 3.38. The van der Waals surface area contributed by atoms with E-state index in [0.29, 0.717) is 16.1 Å². The van der Waals surface area contributed by atoms with Crippen molar-refractivity contribution in [3.8, 4) is 5.75 Å². The fourth-order valence-corrected chi connectivity index (χ4v) is 1.51. The molecule has 0 saturated carbocycles. The molecule has 1 N–H and O–H groups in total. The Morgan fingerprint density at radius 3 is 1.82 bits per heavy atom. The summed E-state index contributed by atoms with van der Waals surface area (Å²) in [6.45, 7) is 0. The first-order chi connectivity index (χ1) is 7.66. The molecule has 0 amide bonds. The van der Waals surface area contributed by atoms with Crippen molar-refractivity contribution < 1.29 is 62.7 Å². The summed E-state index contributed by atoms with van der Waals surface area (Å²) in [6.07, 6.45) is 0. The molecule has 2 aromatic rings. The summed E-state index contributed by atoms with van der Waals surface area (Å²) >= 11 is 5.74. The molecule has 0 atom stereocenters. The van der Waals surface area contributed by atoms with Gasteiger partial charge in [-0.3, -0.25) is 4.79 Å². The molecule has 0 spiro atoms. The van der Waals surface area contributed by atoms with Crippen molar-refractivity contribution >= 4 is 17.4 Å². The second kappa shape index (κ2) is 6.68. The number of benzene rings is 2. The normalized spacial score (nSPS) is 9.47. The molecule has 0 fully saturated rings. The van der Waals surface area contributed by atoms with Crippen LogP contribution in [0.15, 0.2) is 48.5 Å². The average Bonchev–Trinajstić information content (AvgIpc) is 2.30. The maximum absolute atomic E-state index is 11.9. The van der Waals surface area contributed by atoms with Gasteiger partial charge in [0.25, 0.3) is 0 Å². The molecular formula is C13H10ClKO2. The van der Waals surface area contributed by atoms with Crippen LogP contribution in [0.4, 0.5) is 0 Å². The number of hydrogen-bond acceptors (Lipinski definition) is 2. The van der Waals surface area contributed by atoms with Gasteiger partial charge in [0.1, 0.15) is 5.75 Å². The number of halogens is 1. The first-order valence-electron chi connectivity index (χ1n) is 4.76. The van der Waals surface area contributed by atoms with E-state index in [2.05, 4.69) is 0 Å². The molecule has 4 heteroatoms. The first-order valence-corrected chi connectivity index (χ1v) is 5.14. The van der Waals surface area contributed by atoms with Crippen molar-refractivity contribution in [3.05, 3.63) is 64.7 Å². The predicted octanol–water partition coefficient (Wildman–Crippen LogP) is 0.393. The fourth-order valence-electron chi connectivity index (χ4n) is 1.38. The zero-order valence-electron chi connectivity index (χ0n) is 10.4. The largest absolute Gasteiger partial charge is 1.00 e. The van der Waals surface area contributed by atoms with Crippen molar-refractivity contribution in [2.75, 3.05) is 0 Å². The van der Waals surface area contributed by atoms with E-state index in [1.807, 2.05) is 0 Å². The third-order valence-corrected chi connectivity index (χ3v) is 2.49. The molecule has 0 aromatic heterocycles. The molecular weight excluding hydrogens is 263 g/mol. The number of carbonyl (C=O) groups is 1. The van der Waals surface area contributed by atoms with Crippen LogP contribution in [-0.4, -0.2) is 10.9 Å². The molecule has 2 aromatic carbocycles. The predicted molar refractivity (Wildman–Crippen MR) is 64.1 cm³/mol. The molecule has 0 bridgehead atoms. The van der Waals surface area contributed by atoms with Gasteiger partial charge in [-0.2, -0.15) is 0 Å². The van der Waals surface area contributed by atoms with Crippen LogP contribution >= 0.6 is 11.6 Å². The first kappa shape index (κ1) is 14.9. The SMILES string of the molecule is O=C(c1ccc(O)cc1)c1ccc(Cl)cc1.[H-].[K+]. The molecule has 0 heterocycles. The smallest absolute Gasteiger partial charge is 1.00 e. The van der Waals surface area contributed by atoms with Crippen LogP contribution in [0.25, 0.3) is 0 Å². The molecule has 0 aliphatic rings. The van der Waals surface area contributed by atoms with E-state index in [-0.39, 0.29) is 64.3 Å². The molecule has 2 rings (SSSR count). The van der Waals surface area contributed by atoms with E-state index in [0.717, 1.165) is 0 Å². The van der Waals surface area contributed by atoms with Gasteiger partial charge in [-0.25, -0.2) is 0 Å². The fraction of sp³-hybridized carbons (Fsp3) is 0. The van der Waals surface area contributed by atoms with Crippen molar-refractivity contribution in [2.24, 2.45) is 0 Å². The monoisotopic (exact) mass is 272 g/mol. The Labute approximate surface area is 149 Å². The van der Waals surface area contributed by atoms with Gasteiger partial charge < -0.3 is 6.53 Å². The van der Waals surface area contributed by atoms with E-state index in [9.17, 15) is 4.79 Å². The van der Waals surface area contributed by atoms with Crippen molar-refractivity contribution in [1.29, 1.82) is 0 Å². The van der Waals surface area contributed by atoms with Gasteiger partial charge in [-0.1, -0.05) is 11.6 Å². The Hall–Kier alpha value is -0.164. The summed E-state index contributed by atoms with van der Waals surface area (Å²) in [6, 6.07) is 12.9. The molecule has 0 aliphatic heterocycles. The molecule has 0 aliphatic carbocycles. The van der Waals surface area contributed by atoms with Gasteiger partial charge in [-0.05, 0) is 48.5 Å². The van der Waals surface area contributed by atoms with Gasteiger partial charge in [0, 0.05) is 16.1 Å². The number of ketones is 1. The summed E-state index contributed by atoms with van der Waals surface area (Å²) in [5, 5.41) is 9.72. The van der Waals surface area contributed by atoms with E-state index >= 15 is 0 Å². The Bertz CT molecular complexity index is 464. The third kappa shape index (κ3) is 3.91. The third-order valence-electron chi connectivity index (χ3n) is 2.24. The van der Waals surface area contributed by atoms with Crippen LogP contribution < -0.4 is 51.4 Å². The van der Waals surface area contributed by atoms with Crippen molar-refractivity contribution in [1.82, 2.24) is 0 Å². The summed E-state index contributed by atoms with van der Waals surface area (Å²) in [5.74, 6) is 0.0596. The van der Waals surface area contributed by atoms with Crippen molar-refractivity contribution in [2.45, 2.75) is 0 Å². The van der Waals surface area contributed by atoms with Crippen LogP contribution in [0.5, 0.6) is 5.75 Å². The summed E-state index contributed by atoms with van der Waals surface area (Å²) in [4.78, 5) is 11.9. The van der Waals surface area contributed by atoms with Gasteiger partial charge >= 0.3 is 51.4 Å². The van der Waals surface area contributed by atoms with Crippen LogP contribution in [-0.2, 0) is 0 Å². The summed E-state index contributed by atoms with van der Waals surface area (Å²) in [7, 11) is 0. The Kier molecular flexibility index (Phi) is 5.86. The van der Waals surface area contributed by atoms with E-state index in [1.54, 1.807) is 36.4 Å². The van der Waals surface area contributed by atoms with Gasteiger partial charge in [0.15, 0.2) is 5.78 Å². The minimum absolute atomic E-state index is 0. The summed E-state index contributed by atoms with van der Waals surface area (Å²) < 4.78 is 0. The van der Waals surface area contributed by atoms with Crippen LogP contribution in [0.3, 0.4) is 0 Å². The maximum Gasteiger partial charge on any atom is 1.00 e. The van der Waals surface area contributed by atoms with E-state index in [1.165, 1.54) is 12.1 Å². The Morgan fingerprint density at radius 2 is 1.35 bits per heavy atom. The maximum atomic E-state index is 11.9. The quantitative estimate of drug-likeness (QED) is 0.635. The average molecular weight is 273 g/mol. The molecule has 0 saturated heterocycles. The molecule has 2 nitrogen and oxygen atoms in total. The molecule has 17 heavy (non-hydrogen) atoms. The number of aromatic hydroxyl groups is 1. The van der Waals surface area contributed by atoms with E-state index in [4.69, 9.17) is 16.7 Å². The number of hydrogen-bond donors (Lipinski definition) is 1. The minimum Gasteiger partial charge on any atom is -1.00 e. The summed E-state index contributed by atoms with van der Waals surface area (Å²) in [5.41, 5.74) is 1.12. The number of carbonyl (C=O) groups excluding carboxylic acids is 1. The van der Waals surface area contributed by atoms with Crippen molar-refractivity contribution in [3.63, 3.8) is 0 Å². The van der Waals surface area contributed by atoms with Crippen LogP contribution in [0.1, 0.15) is 17.3 Å². The van der Waals surface area contributed by atoms with Crippen LogP contribution in [0.2, 0.25) is 5.02 Å². The molecule has 82 valence electrons. The number of rotatable bonds is 2. The topological polar surface area (TPSA) is 37.3 Å². The molecule has 0 unspecified atom stereocenters. The van der Waals surface area contributed by atoms with Gasteiger partial charge in [0.05, 0.1) is 0 Å². The molecule has 0 radical (unpaired) electrons. The number of phenolic OH excluding ortho intramolecular Hbond substituents is 1. The van der Waals surface area contributed by atoms with Crippen LogP contribution in [0, 0.1) is 0 Å². The zero-order valence-corrected chi connectivity index (χ0v) is 13.2. The Morgan fingerprint density at radius 1 is 0.941 bits per heavy atom. The second-order valence-corrected chi connectivity index (χ2v) is 3.82. The van der Waals surface area contributed by atoms with E-state index < -0.39 is 0 Å². The number of phenols is 1. The van der Waals surface area contributed by atoms with Gasteiger partial charge in [-0.15, -0.1) is 0 Å². The zero-order chi connectivity index (χ0) is 11.5. The Balaban J connectivity index is 0.00000144. The van der Waals surface area contributed by atoms with Gasteiger partial charge in [0.2, 0.25) is 0 Å².